The molecule has 2 aromatic heterocycles. The minimum atomic E-state index is 0.185. The number of aromatic nitrogens is 3. The van der Waals surface area contributed by atoms with E-state index < -0.39 is 0 Å². The van der Waals surface area contributed by atoms with E-state index in [0.717, 1.165) is 31.5 Å². The van der Waals surface area contributed by atoms with E-state index in [2.05, 4.69) is 22.1 Å². The lowest BCUT2D eigenvalue weighted by Crippen LogP contribution is -2.40. The summed E-state index contributed by atoms with van der Waals surface area (Å²) in [7, 11) is 0. The van der Waals surface area contributed by atoms with Gasteiger partial charge in [-0.25, -0.2) is 0 Å². The zero-order valence-corrected chi connectivity index (χ0v) is 12.2. The smallest absolute Gasteiger partial charge is 0.227 e. The number of aryl methyl sites for hydroxylation is 1. The molecule has 0 unspecified atom stereocenters. The zero-order chi connectivity index (χ0) is 14.7. The highest BCUT2D eigenvalue weighted by Gasteiger charge is 2.26. The second-order valence-electron chi connectivity index (χ2n) is 5.68. The first-order chi connectivity index (χ1) is 10.2. The van der Waals surface area contributed by atoms with Gasteiger partial charge in [-0.15, -0.1) is 0 Å². The molecular formula is C16H20N4O. The highest BCUT2D eigenvalue weighted by Crippen LogP contribution is 2.27. The van der Waals surface area contributed by atoms with Crippen molar-refractivity contribution in [2.24, 2.45) is 0 Å². The Hall–Kier alpha value is -2.17. The average Bonchev–Trinajstić information content (AvgIpc) is 2.94. The summed E-state index contributed by atoms with van der Waals surface area (Å²) < 4.78 is 0. The number of carbonyl (C=O) groups is 1. The van der Waals surface area contributed by atoms with Crippen LogP contribution in [0.2, 0.25) is 0 Å². The van der Waals surface area contributed by atoms with Gasteiger partial charge >= 0.3 is 0 Å². The molecule has 0 aromatic carbocycles. The number of carbonyl (C=O) groups excluding carboxylic acids is 1. The first-order valence-electron chi connectivity index (χ1n) is 7.40. The Morgan fingerprint density at radius 3 is 3.10 bits per heavy atom. The number of nitrogens with one attached hydrogen (secondary N) is 1. The summed E-state index contributed by atoms with van der Waals surface area (Å²) in [6.07, 6.45) is 7.93. The molecule has 0 spiro atoms. The summed E-state index contributed by atoms with van der Waals surface area (Å²) in [5.41, 5.74) is 3.33. The number of likely N-dealkylation sites (tertiary alicyclic amines) is 1. The lowest BCUT2D eigenvalue weighted by molar-refractivity contribution is -0.131. The third-order valence-corrected chi connectivity index (χ3v) is 4.13. The lowest BCUT2D eigenvalue weighted by atomic mass is 9.92. The summed E-state index contributed by atoms with van der Waals surface area (Å²) >= 11 is 0. The Morgan fingerprint density at radius 2 is 2.38 bits per heavy atom. The van der Waals surface area contributed by atoms with E-state index in [1.165, 1.54) is 11.3 Å². The largest absolute Gasteiger partial charge is 0.342 e. The molecule has 1 aliphatic heterocycles. The standard InChI is InChI=1S/C16H20N4O/c1-12-9-18-19-16(12)14-5-3-7-20(11-14)15(21)8-13-4-2-6-17-10-13/h2,4,6,9-10,14H,3,5,7-8,11H2,1H3,(H,18,19)/t14-/m1/s1. The van der Waals surface area contributed by atoms with Gasteiger partial charge in [0.15, 0.2) is 0 Å². The number of H-pyrrole nitrogens is 1. The van der Waals surface area contributed by atoms with Crippen LogP contribution >= 0.6 is 0 Å². The molecule has 1 amide bonds. The van der Waals surface area contributed by atoms with Crippen LogP contribution < -0.4 is 0 Å². The second-order valence-corrected chi connectivity index (χ2v) is 5.68. The second kappa shape index (κ2) is 6.08. The number of aromatic amines is 1. The van der Waals surface area contributed by atoms with Gasteiger partial charge in [-0.2, -0.15) is 5.10 Å². The van der Waals surface area contributed by atoms with Crippen LogP contribution in [0.3, 0.4) is 0 Å². The van der Waals surface area contributed by atoms with Gasteiger partial charge in [-0.1, -0.05) is 6.07 Å². The predicted octanol–water partition coefficient (Wildman–Crippen LogP) is 2.06. The van der Waals surface area contributed by atoms with Crippen LogP contribution in [0.1, 0.15) is 35.6 Å². The van der Waals surface area contributed by atoms with E-state index in [9.17, 15) is 4.79 Å². The van der Waals surface area contributed by atoms with E-state index in [-0.39, 0.29) is 5.91 Å². The third-order valence-electron chi connectivity index (χ3n) is 4.13. The van der Waals surface area contributed by atoms with Crippen molar-refractivity contribution < 1.29 is 4.79 Å². The summed E-state index contributed by atoms with van der Waals surface area (Å²) in [5, 5.41) is 7.18. The number of pyridine rings is 1. The predicted molar refractivity (Wildman–Crippen MR) is 79.8 cm³/mol. The van der Waals surface area contributed by atoms with E-state index in [1.54, 1.807) is 12.4 Å². The molecular weight excluding hydrogens is 264 g/mol. The maximum absolute atomic E-state index is 12.4. The Bertz CT molecular complexity index is 608. The van der Waals surface area contributed by atoms with Gasteiger partial charge in [-0.3, -0.25) is 14.9 Å². The molecule has 110 valence electrons. The minimum Gasteiger partial charge on any atom is -0.342 e. The van der Waals surface area contributed by atoms with Crippen molar-refractivity contribution in [2.45, 2.75) is 32.1 Å². The molecule has 2 aromatic rings. The lowest BCUT2D eigenvalue weighted by Gasteiger charge is -2.32. The average molecular weight is 284 g/mol. The topological polar surface area (TPSA) is 61.9 Å². The molecule has 0 radical (unpaired) electrons. The van der Waals surface area contributed by atoms with Crippen molar-refractivity contribution in [1.82, 2.24) is 20.1 Å². The van der Waals surface area contributed by atoms with Crippen LogP contribution in [-0.2, 0) is 11.2 Å². The first-order valence-corrected chi connectivity index (χ1v) is 7.40. The van der Waals surface area contributed by atoms with Crippen molar-refractivity contribution in [3.05, 3.63) is 47.5 Å². The molecule has 0 saturated carbocycles. The number of piperidine rings is 1. The Balaban J connectivity index is 1.66. The van der Waals surface area contributed by atoms with Crippen molar-refractivity contribution in [1.29, 1.82) is 0 Å². The molecule has 21 heavy (non-hydrogen) atoms. The molecule has 1 aliphatic rings. The van der Waals surface area contributed by atoms with Gasteiger partial charge in [0.25, 0.3) is 0 Å². The molecule has 0 bridgehead atoms. The molecule has 1 fully saturated rings. The van der Waals surface area contributed by atoms with Gasteiger partial charge in [-0.05, 0) is 37.0 Å². The summed E-state index contributed by atoms with van der Waals surface area (Å²) in [6, 6.07) is 3.82. The molecule has 1 N–H and O–H groups in total. The van der Waals surface area contributed by atoms with E-state index in [0.29, 0.717) is 12.3 Å². The fraction of sp³-hybridized carbons (Fsp3) is 0.438. The Morgan fingerprint density at radius 1 is 1.48 bits per heavy atom. The van der Waals surface area contributed by atoms with Crippen molar-refractivity contribution in [3.8, 4) is 0 Å². The SMILES string of the molecule is Cc1cn[nH]c1[C@@H]1CCCN(C(=O)Cc2cccnc2)C1. The molecule has 5 nitrogen and oxygen atoms in total. The maximum atomic E-state index is 12.4. The normalized spacial score (nSPS) is 18.7. The summed E-state index contributed by atoms with van der Waals surface area (Å²) in [4.78, 5) is 18.5. The fourth-order valence-electron chi connectivity index (χ4n) is 3.00. The van der Waals surface area contributed by atoms with Crippen molar-refractivity contribution in [2.75, 3.05) is 13.1 Å². The fourth-order valence-corrected chi connectivity index (χ4v) is 3.00. The van der Waals surface area contributed by atoms with E-state index in [4.69, 9.17) is 0 Å². The molecule has 3 rings (SSSR count). The quantitative estimate of drug-likeness (QED) is 0.938. The van der Waals surface area contributed by atoms with Crippen LogP contribution in [0.25, 0.3) is 0 Å². The number of hydrogen-bond donors (Lipinski definition) is 1. The van der Waals surface area contributed by atoms with Gasteiger partial charge in [0.05, 0.1) is 12.6 Å². The van der Waals surface area contributed by atoms with Crippen LogP contribution in [0, 0.1) is 6.92 Å². The third kappa shape index (κ3) is 3.12. The van der Waals surface area contributed by atoms with Crippen LogP contribution in [0.15, 0.2) is 30.7 Å². The number of nitrogens with zero attached hydrogens (tertiary/aromatic N) is 3. The molecule has 1 atom stereocenters. The van der Waals surface area contributed by atoms with Crippen LogP contribution in [0.4, 0.5) is 0 Å². The summed E-state index contributed by atoms with van der Waals surface area (Å²) in [6.45, 7) is 3.69. The molecule has 3 heterocycles. The van der Waals surface area contributed by atoms with Gasteiger partial charge in [0.1, 0.15) is 0 Å². The Kier molecular flexibility index (Phi) is 3.99. The number of hydrogen-bond acceptors (Lipinski definition) is 3. The van der Waals surface area contributed by atoms with E-state index in [1.807, 2.05) is 23.2 Å². The highest BCUT2D eigenvalue weighted by molar-refractivity contribution is 5.78. The number of rotatable bonds is 3. The monoisotopic (exact) mass is 284 g/mol. The highest BCUT2D eigenvalue weighted by atomic mass is 16.2. The van der Waals surface area contributed by atoms with Crippen LogP contribution in [0.5, 0.6) is 0 Å². The molecule has 5 heteroatoms. The zero-order valence-electron chi connectivity index (χ0n) is 12.2. The first kappa shape index (κ1) is 13.8. The molecule has 0 aliphatic carbocycles. The maximum Gasteiger partial charge on any atom is 0.227 e. The number of amides is 1. The van der Waals surface area contributed by atoms with Gasteiger partial charge < -0.3 is 4.90 Å². The van der Waals surface area contributed by atoms with Gasteiger partial charge in [0.2, 0.25) is 5.91 Å². The van der Waals surface area contributed by atoms with Crippen molar-refractivity contribution in [3.63, 3.8) is 0 Å². The minimum absolute atomic E-state index is 0.185. The summed E-state index contributed by atoms with van der Waals surface area (Å²) in [5.74, 6) is 0.559. The Labute approximate surface area is 124 Å². The van der Waals surface area contributed by atoms with Crippen molar-refractivity contribution >= 4 is 5.91 Å². The van der Waals surface area contributed by atoms with Gasteiger partial charge in [0, 0.05) is 37.1 Å². The van der Waals surface area contributed by atoms with E-state index >= 15 is 0 Å². The van der Waals surface area contributed by atoms with Crippen LogP contribution in [-0.4, -0.2) is 39.1 Å². The molecule has 1 saturated heterocycles.